The molecule has 1 rings (SSSR count). The van der Waals surface area contributed by atoms with Crippen molar-refractivity contribution in [1.29, 1.82) is 0 Å². The first-order valence-corrected chi connectivity index (χ1v) is 4.44. The van der Waals surface area contributed by atoms with Crippen LogP contribution in [0, 0.1) is 0 Å². The van der Waals surface area contributed by atoms with E-state index in [2.05, 4.69) is 4.74 Å². The number of hydrogen-bond acceptors (Lipinski definition) is 5. The predicted molar refractivity (Wildman–Crippen MR) is 50.2 cm³/mol. The maximum Gasteiger partial charge on any atom is 0.374 e. The highest BCUT2D eigenvalue weighted by Crippen LogP contribution is 2.07. The Kier molecular flexibility index (Phi) is 3.91. The molecule has 0 amide bonds. The summed E-state index contributed by atoms with van der Waals surface area (Å²) in [5.41, 5.74) is 0. The van der Waals surface area contributed by atoms with Gasteiger partial charge in [-0.05, 0) is 19.1 Å². The highest BCUT2D eigenvalue weighted by molar-refractivity contribution is 5.86. The fourth-order valence-corrected chi connectivity index (χ4v) is 0.995. The van der Waals surface area contributed by atoms with Crippen LogP contribution >= 0.6 is 0 Å². The Labute approximate surface area is 87.0 Å². The van der Waals surface area contributed by atoms with Gasteiger partial charge in [-0.1, -0.05) is 0 Å². The zero-order valence-corrected chi connectivity index (χ0v) is 8.56. The third-order valence-electron chi connectivity index (χ3n) is 1.71. The molecule has 0 aliphatic rings. The van der Waals surface area contributed by atoms with E-state index < -0.39 is 18.0 Å². The molecular formula is C10H12O5. The Morgan fingerprint density at radius 2 is 2.27 bits per heavy atom. The van der Waals surface area contributed by atoms with Crippen molar-refractivity contribution in [2.24, 2.45) is 0 Å². The average molecular weight is 212 g/mol. The van der Waals surface area contributed by atoms with Gasteiger partial charge in [0.25, 0.3) is 0 Å². The summed E-state index contributed by atoms with van der Waals surface area (Å²) in [4.78, 5) is 22.2. The summed E-state index contributed by atoms with van der Waals surface area (Å²) < 4.78 is 14.2. The molecule has 0 bridgehead atoms. The fourth-order valence-electron chi connectivity index (χ4n) is 0.995. The molecule has 1 aromatic rings. The van der Waals surface area contributed by atoms with Crippen LogP contribution in [-0.2, 0) is 14.3 Å². The van der Waals surface area contributed by atoms with E-state index in [0.717, 1.165) is 0 Å². The van der Waals surface area contributed by atoms with Crippen molar-refractivity contribution in [2.45, 2.75) is 19.4 Å². The Morgan fingerprint density at radius 1 is 1.53 bits per heavy atom. The second-order valence-electron chi connectivity index (χ2n) is 2.97. The minimum Gasteiger partial charge on any atom is -0.469 e. The van der Waals surface area contributed by atoms with Gasteiger partial charge in [0.15, 0.2) is 0 Å². The van der Waals surface area contributed by atoms with Crippen molar-refractivity contribution in [3.05, 3.63) is 24.2 Å². The van der Waals surface area contributed by atoms with E-state index in [9.17, 15) is 9.59 Å². The lowest BCUT2D eigenvalue weighted by Gasteiger charge is -2.10. The molecule has 0 aromatic carbocycles. The molecule has 0 aliphatic heterocycles. The first kappa shape index (κ1) is 11.3. The summed E-state index contributed by atoms with van der Waals surface area (Å²) in [7, 11) is 1.28. The lowest BCUT2D eigenvalue weighted by Crippen LogP contribution is -2.19. The summed E-state index contributed by atoms with van der Waals surface area (Å²) >= 11 is 0. The molecule has 0 saturated heterocycles. The van der Waals surface area contributed by atoms with Gasteiger partial charge in [-0.25, -0.2) is 4.79 Å². The minimum absolute atomic E-state index is 0.0307. The lowest BCUT2D eigenvalue weighted by molar-refractivity contribution is -0.142. The smallest absolute Gasteiger partial charge is 0.374 e. The van der Waals surface area contributed by atoms with Crippen LogP contribution in [0.5, 0.6) is 0 Å². The number of furan rings is 1. The van der Waals surface area contributed by atoms with Crippen LogP contribution in [0.15, 0.2) is 22.8 Å². The summed E-state index contributed by atoms with van der Waals surface area (Å²) in [6.07, 6.45) is 0.875. The number of rotatable bonds is 4. The maximum absolute atomic E-state index is 11.3. The minimum atomic E-state index is -0.587. The number of hydrogen-bond donors (Lipinski definition) is 0. The van der Waals surface area contributed by atoms with E-state index in [0.29, 0.717) is 0 Å². The van der Waals surface area contributed by atoms with Crippen LogP contribution in [0.4, 0.5) is 0 Å². The Bertz CT molecular complexity index is 328. The van der Waals surface area contributed by atoms with Gasteiger partial charge in [-0.3, -0.25) is 4.79 Å². The summed E-state index contributed by atoms with van der Waals surface area (Å²) in [5.74, 6) is -0.891. The van der Waals surface area contributed by atoms with Crippen molar-refractivity contribution in [1.82, 2.24) is 0 Å². The molecule has 0 unspecified atom stereocenters. The maximum atomic E-state index is 11.3. The monoisotopic (exact) mass is 212 g/mol. The van der Waals surface area contributed by atoms with E-state index in [1.807, 2.05) is 0 Å². The number of carbonyl (C=O) groups excluding carboxylic acids is 2. The first-order chi connectivity index (χ1) is 7.13. The summed E-state index contributed by atoms with van der Waals surface area (Å²) in [5, 5.41) is 0. The summed E-state index contributed by atoms with van der Waals surface area (Å²) in [6, 6.07) is 3.08. The molecule has 82 valence electrons. The molecule has 0 N–H and O–H groups in total. The third kappa shape index (κ3) is 3.46. The third-order valence-corrected chi connectivity index (χ3v) is 1.71. The Morgan fingerprint density at radius 3 is 2.80 bits per heavy atom. The zero-order valence-electron chi connectivity index (χ0n) is 8.56. The normalized spacial score (nSPS) is 11.9. The fraction of sp³-hybridized carbons (Fsp3) is 0.400. The topological polar surface area (TPSA) is 65.7 Å². The van der Waals surface area contributed by atoms with Crippen LogP contribution in [0.1, 0.15) is 23.9 Å². The standard InChI is InChI=1S/C10H12O5/c1-7(6-9(11)13-2)15-10(12)8-4-3-5-14-8/h3-5,7H,6H2,1-2H3/t7-/m1/s1. The number of esters is 2. The van der Waals surface area contributed by atoms with Crippen molar-refractivity contribution in [3.63, 3.8) is 0 Å². The van der Waals surface area contributed by atoms with Crippen molar-refractivity contribution >= 4 is 11.9 Å². The molecule has 5 heteroatoms. The van der Waals surface area contributed by atoms with E-state index >= 15 is 0 Å². The van der Waals surface area contributed by atoms with E-state index in [4.69, 9.17) is 9.15 Å². The van der Waals surface area contributed by atoms with Crippen LogP contribution in [0.3, 0.4) is 0 Å². The van der Waals surface area contributed by atoms with Crippen LogP contribution < -0.4 is 0 Å². The van der Waals surface area contributed by atoms with Gasteiger partial charge in [0.2, 0.25) is 5.76 Å². The molecule has 5 nitrogen and oxygen atoms in total. The largest absolute Gasteiger partial charge is 0.469 e. The van der Waals surface area contributed by atoms with Crippen LogP contribution in [0.2, 0.25) is 0 Å². The van der Waals surface area contributed by atoms with Crippen LogP contribution in [-0.4, -0.2) is 25.2 Å². The quantitative estimate of drug-likeness (QED) is 0.705. The molecule has 1 aromatic heterocycles. The van der Waals surface area contributed by atoms with Gasteiger partial charge in [0.1, 0.15) is 6.10 Å². The molecule has 15 heavy (non-hydrogen) atoms. The van der Waals surface area contributed by atoms with Crippen molar-refractivity contribution in [2.75, 3.05) is 7.11 Å². The Hall–Kier alpha value is -1.78. The number of methoxy groups -OCH3 is 1. The molecular weight excluding hydrogens is 200 g/mol. The first-order valence-electron chi connectivity index (χ1n) is 4.44. The SMILES string of the molecule is COC(=O)C[C@@H](C)OC(=O)c1ccco1. The second-order valence-corrected chi connectivity index (χ2v) is 2.97. The van der Waals surface area contributed by atoms with Gasteiger partial charge in [-0.15, -0.1) is 0 Å². The van der Waals surface area contributed by atoms with Gasteiger partial charge in [-0.2, -0.15) is 0 Å². The Balaban J connectivity index is 2.42. The van der Waals surface area contributed by atoms with E-state index in [-0.39, 0.29) is 12.2 Å². The predicted octanol–water partition coefficient (Wildman–Crippen LogP) is 1.39. The van der Waals surface area contributed by atoms with Gasteiger partial charge in [0.05, 0.1) is 19.8 Å². The van der Waals surface area contributed by atoms with Gasteiger partial charge >= 0.3 is 11.9 Å². The van der Waals surface area contributed by atoms with Gasteiger partial charge in [0, 0.05) is 0 Å². The molecule has 0 saturated carbocycles. The molecule has 1 heterocycles. The number of ether oxygens (including phenoxy) is 2. The second kappa shape index (κ2) is 5.19. The van der Waals surface area contributed by atoms with Gasteiger partial charge < -0.3 is 13.9 Å². The van der Waals surface area contributed by atoms with Crippen molar-refractivity contribution in [3.8, 4) is 0 Å². The molecule has 0 fully saturated rings. The average Bonchev–Trinajstić information content (AvgIpc) is 2.70. The highest BCUT2D eigenvalue weighted by atomic mass is 16.6. The molecule has 0 radical (unpaired) electrons. The molecule has 0 aliphatic carbocycles. The summed E-state index contributed by atoms with van der Waals surface area (Å²) in [6.45, 7) is 1.61. The van der Waals surface area contributed by atoms with E-state index in [1.165, 1.54) is 19.4 Å². The van der Waals surface area contributed by atoms with Crippen molar-refractivity contribution < 1.29 is 23.5 Å². The van der Waals surface area contributed by atoms with Crippen LogP contribution in [0.25, 0.3) is 0 Å². The highest BCUT2D eigenvalue weighted by Gasteiger charge is 2.16. The number of carbonyl (C=O) groups is 2. The lowest BCUT2D eigenvalue weighted by atomic mass is 10.3. The molecule has 0 spiro atoms. The molecule has 1 atom stereocenters. The zero-order chi connectivity index (χ0) is 11.3. The van der Waals surface area contributed by atoms with E-state index in [1.54, 1.807) is 13.0 Å².